The fraction of sp³-hybridized carbons (Fsp3) is 0.320. The quantitative estimate of drug-likeness (QED) is 0.535. The molecule has 1 aliphatic heterocycles. The highest BCUT2D eigenvalue weighted by atomic mass is 19.1. The van der Waals surface area contributed by atoms with E-state index in [1.807, 2.05) is 24.3 Å². The number of hydrogen-bond acceptors (Lipinski definition) is 6. The van der Waals surface area contributed by atoms with Gasteiger partial charge in [0.2, 0.25) is 0 Å². The predicted octanol–water partition coefficient (Wildman–Crippen LogP) is 3.49. The van der Waals surface area contributed by atoms with E-state index < -0.39 is 0 Å². The minimum atomic E-state index is -0.235. The van der Waals surface area contributed by atoms with Crippen LogP contribution in [-0.4, -0.2) is 57.2 Å². The van der Waals surface area contributed by atoms with Gasteiger partial charge < -0.3 is 24.1 Å². The fourth-order valence-electron chi connectivity index (χ4n) is 3.98. The zero-order valence-electron chi connectivity index (χ0n) is 18.6. The first-order valence-electron chi connectivity index (χ1n) is 10.9. The van der Waals surface area contributed by atoms with Crippen LogP contribution in [-0.2, 0) is 4.79 Å². The number of ether oxygens (including phenoxy) is 2. The van der Waals surface area contributed by atoms with Gasteiger partial charge in [0.15, 0.2) is 18.1 Å². The van der Waals surface area contributed by atoms with Crippen LogP contribution in [0.15, 0.2) is 71.3 Å². The molecule has 1 amide bonds. The second-order valence-corrected chi connectivity index (χ2v) is 7.77. The van der Waals surface area contributed by atoms with Gasteiger partial charge in [0.25, 0.3) is 5.91 Å². The molecule has 1 aliphatic rings. The van der Waals surface area contributed by atoms with Crippen molar-refractivity contribution >= 4 is 11.6 Å². The number of amides is 1. The molecule has 4 rings (SSSR count). The van der Waals surface area contributed by atoms with Crippen LogP contribution in [0.3, 0.4) is 0 Å². The normalized spacial score (nSPS) is 15.2. The summed E-state index contributed by atoms with van der Waals surface area (Å²) < 4.78 is 29.8. The SMILES string of the molecule is COc1ccccc1OCC(=O)NCC(c1ccco1)N1CCN(c2ccc(F)cc2)CC1. The summed E-state index contributed by atoms with van der Waals surface area (Å²) in [6.45, 7) is 3.47. The molecule has 2 heterocycles. The van der Waals surface area contributed by atoms with E-state index >= 15 is 0 Å². The Morgan fingerprint density at radius 3 is 2.42 bits per heavy atom. The van der Waals surface area contributed by atoms with E-state index in [9.17, 15) is 9.18 Å². The summed E-state index contributed by atoms with van der Waals surface area (Å²) in [6.07, 6.45) is 1.64. The van der Waals surface area contributed by atoms with Crippen molar-refractivity contribution in [1.82, 2.24) is 10.2 Å². The minimum absolute atomic E-state index is 0.0921. The second kappa shape index (κ2) is 10.9. The molecule has 1 saturated heterocycles. The highest BCUT2D eigenvalue weighted by Crippen LogP contribution is 2.26. The maximum absolute atomic E-state index is 13.2. The van der Waals surface area contributed by atoms with Crippen LogP contribution >= 0.6 is 0 Å². The number of halogens is 1. The number of anilines is 1. The van der Waals surface area contributed by atoms with Crippen molar-refractivity contribution in [3.63, 3.8) is 0 Å². The molecule has 33 heavy (non-hydrogen) atoms. The molecular formula is C25H28FN3O4. The first-order chi connectivity index (χ1) is 16.1. The molecule has 0 saturated carbocycles. The molecule has 1 atom stereocenters. The van der Waals surface area contributed by atoms with Gasteiger partial charge in [0.1, 0.15) is 11.6 Å². The van der Waals surface area contributed by atoms with Crippen molar-refractivity contribution in [1.29, 1.82) is 0 Å². The van der Waals surface area contributed by atoms with Crippen molar-refractivity contribution in [3.05, 3.63) is 78.5 Å². The second-order valence-electron chi connectivity index (χ2n) is 7.77. The van der Waals surface area contributed by atoms with Gasteiger partial charge >= 0.3 is 0 Å². The lowest BCUT2D eigenvalue weighted by molar-refractivity contribution is -0.123. The molecule has 1 aromatic heterocycles. The summed E-state index contributed by atoms with van der Waals surface area (Å²) in [6, 6.07) is 17.5. The van der Waals surface area contributed by atoms with Crippen molar-refractivity contribution in [2.45, 2.75) is 6.04 Å². The summed E-state index contributed by atoms with van der Waals surface area (Å²) in [7, 11) is 1.56. The molecule has 1 unspecified atom stereocenters. The number of nitrogens with one attached hydrogen (secondary N) is 1. The molecule has 1 N–H and O–H groups in total. The third-order valence-electron chi connectivity index (χ3n) is 5.74. The van der Waals surface area contributed by atoms with Gasteiger partial charge in [-0.3, -0.25) is 9.69 Å². The van der Waals surface area contributed by atoms with Gasteiger partial charge in [-0.1, -0.05) is 12.1 Å². The number of para-hydroxylation sites is 2. The number of carbonyl (C=O) groups is 1. The molecule has 3 aromatic rings. The molecule has 0 bridgehead atoms. The molecule has 0 radical (unpaired) electrons. The Kier molecular flexibility index (Phi) is 7.47. The number of hydrogen-bond donors (Lipinski definition) is 1. The highest BCUT2D eigenvalue weighted by molar-refractivity contribution is 5.77. The number of carbonyl (C=O) groups excluding carboxylic acids is 1. The highest BCUT2D eigenvalue weighted by Gasteiger charge is 2.27. The van der Waals surface area contributed by atoms with Crippen molar-refractivity contribution in [2.75, 3.05) is 51.3 Å². The number of furan rings is 1. The Balaban J connectivity index is 1.32. The zero-order valence-corrected chi connectivity index (χ0v) is 18.6. The molecular weight excluding hydrogens is 425 g/mol. The average Bonchev–Trinajstić information content (AvgIpc) is 3.38. The molecule has 2 aromatic carbocycles. The summed E-state index contributed by atoms with van der Waals surface area (Å²) in [5.74, 6) is 1.45. The summed E-state index contributed by atoms with van der Waals surface area (Å²) in [5.41, 5.74) is 1.01. The van der Waals surface area contributed by atoms with Gasteiger partial charge in [-0.25, -0.2) is 4.39 Å². The monoisotopic (exact) mass is 453 g/mol. The topological polar surface area (TPSA) is 67.2 Å². The summed E-state index contributed by atoms with van der Waals surface area (Å²) in [5, 5.41) is 2.96. The summed E-state index contributed by atoms with van der Waals surface area (Å²) in [4.78, 5) is 17.0. The maximum Gasteiger partial charge on any atom is 0.258 e. The van der Waals surface area contributed by atoms with E-state index in [0.29, 0.717) is 18.0 Å². The first-order valence-corrected chi connectivity index (χ1v) is 10.9. The Labute approximate surface area is 192 Å². The van der Waals surface area contributed by atoms with Crippen molar-refractivity contribution in [3.8, 4) is 11.5 Å². The van der Waals surface area contributed by atoms with E-state index in [2.05, 4.69) is 15.1 Å². The lowest BCUT2D eigenvalue weighted by atomic mass is 10.1. The van der Waals surface area contributed by atoms with Crippen LogP contribution in [0, 0.1) is 5.82 Å². The molecule has 8 heteroatoms. The number of nitrogens with zero attached hydrogens (tertiary/aromatic N) is 2. The fourth-order valence-corrected chi connectivity index (χ4v) is 3.98. The van der Waals surface area contributed by atoms with Gasteiger partial charge in [-0.05, 0) is 48.5 Å². The third kappa shape index (κ3) is 5.84. The van der Waals surface area contributed by atoms with Crippen LogP contribution in [0.1, 0.15) is 11.8 Å². The van der Waals surface area contributed by atoms with Crippen LogP contribution in [0.2, 0.25) is 0 Å². The predicted molar refractivity (Wildman–Crippen MR) is 123 cm³/mol. The minimum Gasteiger partial charge on any atom is -0.493 e. The Morgan fingerprint density at radius 1 is 1.03 bits per heavy atom. The Hall–Kier alpha value is -3.52. The first kappa shape index (κ1) is 22.7. The van der Waals surface area contributed by atoms with Crippen molar-refractivity contribution < 1.29 is 23.1 Å². The van der Waals surface area contributed by atoms with Gasteiger partial charge in [-0.15, -0.1) is 0 Å². The van der Waals surface area contributed by atoms with Gasteiger partial charge in [0, 0.05) is 38.4 Å². The maximum atomic E-state index is 13.2. The van der Waals surface area contributed by atoms with E-state index in [1.165, 1.54) is 12.1 Å². The lowest BCUT2D eigenvalue weighted by Crippen LogP contribution is -2.50. The summed E-state index contributed by atoms with van der Waals surface area (Å²) >= 11 is 0. The van der Waals surface area contributed by atoms with Gasteiger partial charge in [0.05, 0.1) is 19.4 Å². The average molecular weight is 454 g/mol. The van der Waals surface area contributed by atoms with E-state index in [4.69, 9.17) is 13.9 Å². The number of rotatable bonds is 9. The van der Waals surface area contributed by atoms with Crippen LogP contribution < -0.4 is 19.7 Å². The smallest absolute Gasteiger partial charge is 0.258 e. The molecule has 7 nitrogen and oxygen atoms in total. The van der Waals surface area contributed by atoms with E-state index in [1.54, 1.807) is 37.6 Å². The molecule has 0 aliphatic carbocycles. The van der Waals surface area contributed by atoms with Crippen LogP contribution in [0.5, 0.6) is 11.5 Å². The van der Waals surface area contributed by atoms with Crippen LogP contribution in [0.4, 0.5) is 10.1 Å². The van der Waals surface area contributed by atoms with E-state index in [0.717, 1.165) is 37.6 Å². The van der Waals surface area contributed by atoms with E-state index in [-0.39, 0.29) is 24.4 Å². The Bertz CT molecular complexity index is 1020. The molecule has 174 valence electrons. The molecule has 0 spiro atoms. The number of methoxy groups -OCH3 is 1. The Morgan fingerprint density at radius 2 is 1.76 bits per heavy atom. The third-order valence-corrected chi connectivity index (χ3v) is 5.74. The number of piperazine rings is 1. The van der Waals surface area contributed by atoms with Crippen molar-refractivity contribution in [2.24, 2.45) is 0 Å². The van der Waals surface area contributed by atoms with Gasteiger partial charge in [-0.2, -0.15) is 0 Å². The lowest BCUT2D eigenvalue weighted by Gasteiger charge is -2.39. The number of benzene rings is 2. The van der Waals surface area contributed by atoms with Crippen LogP contribution in [0.25, 0.3) is 0 Å². The largest absolute Gasteiger partial charge is 0.493 e. The molecule has 1 fully saturated rings. The standard InChI is InChI=1S/C25H28FN3O4/c1-31-23-5-2-3-6-24(23)33-18-25(30)27-17-21(22-7-4-16-32-22)29-14-12-28(13-15-29)20-10-8-19(26)9-11-20/h2-11,16,21H,12-15,17-18H2,1H3,(H,27,30). The zero-order chi connectivity index (χ0) is 23.0.